The van der Waals surface area contributed by atoms with Gasteiger partial charge in [-0.25, -0.2) is 8.42 Å². The predicted octanol–water partition coefficient (Wildman–Crippen LogP) is 2.18. The first-order valence-corrected chi connectivity index (χ1v) is 8.06. The summed E-state index contributed by atoms with van der Waals surface area (Å²) in [6, 6.07) is 3.26. The van der Waals surface area contributed by atoms with Gasteiger partial charge in [0, 0.05) is 19.1 Å². The topological polar surface area (TPSA) is 63.4 Å². The molecule has 8 heteroatoms. The Morgan fingerprint density at radius 2 is 2.17 bits per heavy atom. The molecule has 1 aliphatic rings. The molecule has 2 heterocycles. The van der Waals surface area contributed by atoms with Gasteiger partial charge < -0.3 is 5.73 Å². The van der Waals surface area contributed by atoms with E-state index in [-0.39, 0.29) is 24.4 Å². The van der Waals surface area contributed by atoms with Crippen molar-refractivity contribution in [3.63, 3.8) is 0 Å². The Kier molecular flexibility index (Phi) is 5.46. The predicted molar refractivity (Wildman–Crippen MR) is 77.1 cm³/mol. The highest BCUT2D eigenvalue weighted by atomic mass is 35.5. The Morgan fingerprint density at radius 3 is 2.67 bits per heavy atom. The Bertz CT molecular complexity index is 504. The molecular formula is C10H16Cl2N2O2S2. The maximum atomic E-state index is 12.3. The Labute approximate surface area is 123 Å². The Hall–Kier alpha value is 0.150. The lowest BCUT2D eigenvalue weighted by Gasteiger charge is -2.33. The van der Waals surface area contributed by atoms with Crippen LogP contribution in [0.1, 0.15) is 13.3 Å². The molecular weight excluding hydrogens is 315 g/mol. The van der Waals surface area contributed by atoms with Gasteiger partial charge in [-0.3, -0.25) is 0 Å². The molecule has 2 unspecified atom stereocenters. The second-order valence-corrected chi connectivity index (χ2v) is 8.23. The Morgan fingerprint density at radius 1 is 1.50 bits per heavy atom. The molecule has 1 aromatic rings. The minimum Gasteiger partial charge on any atom is -0.327 e. The smallest absolute Gasteiger partial charge is 0.252 e. The summed E-state index contributed by atoms with van der Waals surface area (Å²) in [6.45, 7) is 2.95. The lowest BCUT2D eigenvalue weighted by atomic mass is 9.96. The number of piperidine rings is 1. The average molecular weight is 331 g/mol. The molecule has 0 aromatic carbocycles. The number of halogens is 2. The van der Waals surface area contributed by atoms with Crippen LogP contribution in [0.25, 0.3) is 0 Å². The van der Waals surface area contributed by atoms with E-state index in [1.807, 2.05) is 6.92 Å². The quantitative estimate of drug-likeness (QED) is 0.903. The van der Waals surface area contributed by atoms with E-state index in [0.29, 0.717) is 28.1 Å². The summed E-state index contributed by atoms with van der Waals surface area (Å²) in [6.07, 6.45) is 0.708. The molecule has 0 amide bonds. The fourth-order valence-corrected chi connectivity index (χ4v) is 5.10. The van der Waals surface area contributed by atoms with Crippen molar-refractivity contribution in [3.05, 3.63) is 16.5 Å². The third-order valence-electron chi connectivity index (χ3n) is 3.08. The standard InChI is InChI=1S/C10H15ClN2O2S2.ClH/c1-7-6-13(5-4-8(7)12)17(14,15)10-3-2-9(11)16-10;/h2-3,7-8H,4-6,12H2,1H3;1H. The number of hydrogen-bond donors (Lipinski definition) is 1. The summed E-state index contributed by atoms with van der Waals surface area (Å²) in [5, 5.41) is 0. The minimum atomic E-state index is -3.39. The van der Waals surface area contributed by atoms with Crippen molar-refractivity contribution in [2.45, 2.75) is 23.6 Å². The number of hydrogen-bond acceptors (Lipinski definition) is 4. The fourth-order valence-electron chi connectivity index (χ4n) is 1.91. The number of thiophene rings is 1. The van der Waals surface area contributed by atoms with E-state index < -0.39 is 10.0 Å². The number of sulfonamides is 1. The highest BCUT2D eigenvalue weighted by Gasteiger charge is 2.32. The fraction of sp³-hybridized carbons (Fsp3) is 0.600. The first-order valence-electron chi connectivity index (χ1n) is 5.42. The molecule has 18 heavy (non-hydrogen) atoms. The van der Waals surface area contributed by atoms with Crippen LogP contribution in [-0.2, 0) is 10.0 Å². The summed E-state index contributed by atoms with van der Waals surface area (Å²) < 4.78 is 26.9. The molecule has 104 valence electrons. The van der Waals surface area contributed by atoms with Gasteiger partial charge >= 0.3 is 0 Å². The van der Waals surface area contributed by atoms with Crippen molar-refractivity contribution in [1.82, 2.24) is 4.31 Å². The minimum absolute atomic E-state index is 0. The van der Waals surface area contributed by atoms with Crippen molar-refractivity contribution in [2.75, 3.05) is 13.1 Å². The van der Waals surface area contributed by atoms with Gasteiger partial charge in [0.1, 0.15) is 4.21 Å². The van der Waals surface area contributed by atoms with Gasteiger partial charge in [0.2, 0.25) is 0 Å². The molecule has 0 aliphatic carbocycles. The highest BCUT2D eigenvalue weighted by molar-refractivity contribution is 7.91. The van der Waals surface area contributed by atoms with Crippen LogP contribution < -0.4 is 5.73 Å². The normalized spacial score (nSPS) is 25.7. The average Bonchev–Trinajstić information content (AvgIpc) is 2.69. The first-order chi connectivity index (χ1) is 7.91. The van der Waals surface area contributed by atoms with Crippen LogP contribution >= 0.6 is 35.3 Å². The Balaban J connectivity index is 0.00000162. The second kappa shape index (κ2) is 6.07. The van der Waals surface area contributed by atoms with Gasteiger partial charge in [0.15, 0.2) is 0 Å². The summed E-state index contributed by atoms with van der Waals surface area (Å²) in [5.41, 5.74) is 5.89. The van der Waals surface area contributed by atoms with Crippen molar-refractivity contribution in [3.8, 4) is 0 Å². The van der Waals surface area contributed by atoms with Crippen molar-refractivity contribution >= 4 is 45.4 Å². The van der Waals surface area contributed by atoms with E-state index in [9.17, 15) is 8.42 Å². The molecule has 0 saturated carbocycles. The van der Waals surface area contributed by atoms with Crippen LogP contribution in [0.4, 0.5) is 0 Å². The van der Waals surface area contributed by atoms with E-state index in [1.165, 1.54) is 4.31 Å². The van der Waals surface area contributed by atoms with Crippen LogP contribution in [0.5, 0.6) is 0 Å². The lowest BCUT2D eigenvalue weighted by molar-refractivity contribution is 0.250. The van der Waals surface area contributed by atoms with E-state index in [1.54, 1.807) is 12.1 Å². The molecule has 1 aromatic heterocycles. The summed E-state index contributed by atoms with van der Waals surface area (Å²) in [7, 11) is -3.39. The van der Waals surface area contributed by atoms with Crippen LogP contribution in [0, 0.1) is 5.92 Å². The van der Waals surface area contributed by atoms with Gasteiger partial charge in [-0.1, -0.05) is 18.5 Å². The lowest BCUT2D eigenvalue weighted by Crippen LogP contribution is -2.47. The van der Waals surface area contributed by atoms with Gasteiger partial charge in [-0.15, -0.1) is 23.7 Å². The van der Waals surface area contributed by atoms with Crippen molar-refractivity contribution < 1.29 is 8.42 Å². The largest absolute Gasteiger partial charge is 0.327 e. The molecule has 1 fully saturated rings. The van der Waals surface area contributed by atoms with Crippen LogP contribution in [0.2, 0.25) is 4.34 Å². The molecule has 2 atom stereocenters. The number of nitrogens with two attached hydrogens (primary N) is 1. The summed E-state index contributed by atoms with van der Waals surface area (Å²) in [5.74, 6) is 0.189. The molecule has 0 spiro atoms. The molecule has 4 nitrogen and oxygen atoms in total. The molecule has 2 rings (SSSR count). The van der Waals surface area contributed by atoms with E-state index >= 15 is 0 Å². The number of rotatable bonds is 2. The van der Waals surface area contributed by atoms with E-state index in [4.69, 9.17) is 17.3 Å². The maximum Gasteiger partial charge on any atom is 0.252 e. The van der Waals surface area contributed by atoms with E-state index in [0.717, 1.165) is 11.3 Å². The number of nitrogens with zero attached hydrogens (tertiary/aromatic N) is 1. The molecule has 2 N–H and O–H groups in total. The van der Waals surface area contributed by atoms with Gasteiger partial charge in [-0.2, -0.15) is 4.31 Å². The SMILES string of the molecule is CC1CN(S(=O)(=O)c2ccc(Cl)s2)CCC1N.Cl. The zero-order valence-electron chi connectivity index (χ0n) is 9.87. The third kappa shape index (κ3) is 3.18. The van der Waals surface area contributed by atoms with Gasteiger partial charge in [0.05, 0.1) is 4.34 Å². The van der Waals surface area contributed by atoms with Crippen molar-refractivity contribution in [1.29, 1.82) is 0 Å². The molecule has 1 aliphatic heterocycles. The first kappa shape index (κ1) is 16.2. The van der Waals surface area contributed by atoms with Crippen LogP contribution in [0.15, 0.2) is 16.3 Å². The molecule has 0 bridgehead atoms. The summed E-state index contributed by atoms with van der Waals surface area (Å²) >= 11 is 6.87. The van der Waals surface area contributed by atoms with Crippen LogP contribution in [0.3, 0.4) is 0 Å². The second-order valence-electron chi connectivity index (χ2n) is 4.35. The van der Waals surface area contributed by atoms with Gasteiger partial charge in [0.25, 0.3) is 10.0 Å². The van der Waals surface area contributed by atoms with Gasteiger partial charge in [-0.05, 0) is 24.5 Å². The summed E-state index contributed by atoms with van der Waals surface area (Å²) in [4.78, 5) is 0. The zero-order chi connectivity index (χ0) is 12.6. The highest BCUT2D eigenvalue weighted by Crippen LogP contribution is 2.30. The van der Waals surface area contributed by atoms with Crippen LogP contribution in [-0.4, -0.2) is 31.9 Å². The third-order valence-corrected chi connectivity index (χ3v) is 6.64. The molecule has 1 saturated heterocycles. The van der Waals surface area contributed by atoms with Crippen molar-refractivity contribution in [2.24, 2.45) is 11.7 Å². The maximum absolute atomic E-state index is 12.3. The molecule has 0 radical (unpaired) electrons. The van der Waals surface area contributed by atoms with E-state index in [2.05, 4.69) is 0 Å². The monoisotopic (exact) mass is 330 g/mol. The zero-order valence-corrected chi connectivity index (χ0v) is 13.1.